The molecule has 108 valence electrons. The van der Waals surface area contributed by atoms with Gasteiger partial charge in [0.1, 0.15) is 11.5 Å². The zero-order valence-electron chi connectivity index (χ0n) is 12.4. The van der Waals surface area contributed by atoms with Gasteiger partial charge in [-0.25, -0.2) is 0 Å². The summed E-state index contributed by atoms with van der Waals surface area (Å²) in [5.74, 6) is 1.48. The molecule has 0 fully saturated rings. The van der Waals surface area contributed by atoms with Crippen LogP contribution in [-0.4, -0.2) is 14.2 Å². The number of ether oxygens (including phenoxy) is 2. The van der Waals surface area contributed by atoms with E-state index >= 15 is 0 Å². The summed E-state index contributed by atoms with van der Waals surface area (Å²) in [6.07, 6.45) is 0. The monoisotopic (exact) mass is 282 g/mol. The molecule has 0 heterocycles. The summed E-state index contributed by atoms with van der Waals surface area (Å²) in [5, 5.41) is 12.3. The van der Waals surface area contributed by atoms with Gasteiger partial charge < -0.3 is 14.8 Å². The van der Waals surface area contributed by atoms with Gasteiger partial charge in [-0.3, -0.25) is 0 Å². The Morgan fingerprint density at radius 2 is 1.90 bits per heavy atom. The molecule has 0 aromatic heterocycles. The van der Waals surface area contributed by atoms with E-state index in [-0.39, 0.29) is 6.04 Å². The molecule has 2 aromatic rings. The number of methoxy groups -OCH3 is 2. The third-order valence-electron chi connectivity index (χ3n) is 3.30. The normalized spacial score (nSPS) is 11.3. The van der Waals surface area contributed by atoms with Crippen molar-refractivity contribution in [2.45, 2.75) is 13.0 Å². The predicted octanol–water partition coefficient (Wildman–Crippen LogP) is 3.75. The predicted molar refractivity (Wildman–Crippen MR) is 82.7 cm³/mol. The molecule has 1 atom stereocenters. The van der Waals surface area contributed by atoms with Gasteiger partial charge in [-0.05, 0) is 36.8 Å². The van der Waals surface area contributed by atoms with Gasteiger partial charge >= 0.3 is 0 Å². The molecule has 2 aromatic carbocycles. The van der Waals surface area contributed by atoms with E-state index in [4.69, 9.17) is 14.7 Å². The summed E-state index contributed by atoms with van der Waals surface area (Å²) >= 11 is 0. The van der Waals surface area contributed by atoms with Crippen LogP contribution in [0, 0.1) is 11.3 Å². The number of hydrogen-bond donors (Lipinski definition) is 1. The largest absolute Gasteiger partial charge is 0.497 e. The van der Waals surface area contributed by atoms with Gasteiger partial charge in [0, 0.05) is 12.1 Å². The van der Waals surface area contributed by atoms with E-state index in [2.05, 4.69) is 18.3 Å². The molecular weight excluding hydrogens is 264 g/mol. The Bertz CT molecular complexity index is 662. The number of nitrogens with zero attached hydrogens (tertiary/aromatic N) is 1. The van der Waals surface area contributed by atoms with Crippen molar-refractivity contribution < 1.29 is 9.47 Å². The molecule has 0 amide bonds. The minimum absolute atomic E-state index is 0.0851. The first-order valence-corrected chi connectivity index (χ1v) is 6.66. The summed E-state index contributed by atoms with van der Waals surface area (Å²) < 4.78 is 10.6. The molecular formula is C17H18N2O2. The lowest BCUT2D eigenvalue weighted by atomic mass is 10.1. The number of nitrogens with one attached hydrogen (secondary N) is 1. The summed E-state index contributed by atoms with van der Waals surface area (Å²) in [7, 11) is 3.25. The first kappa shape index (κ1) is 14.7. The first-order valence-electron chi connectivity index (χ1n) is 6.66. The van der Waals surface area contributed by atoms with Crippen molar-refractivity contribution >= 4 is 5.69 Å². The molecule has 21 heavy (non-hydrogen) atoms. The Hall–Kier alpha value is -2.67. The van der Waals surface area contributed by atoms with Crippen LogP contribution >= 0.6 is 0 Å². The van der Waals surface area contributed by atoms with Crippen LogP contribution in [0.5, 0.6) is 11.5 Å². The number of anilines is 1. The molecule has 0 saturated heterocycles. The lowest BCUT2D eigenvalue weighted by molar-refractivity contribution is 0.413. The summed E-state index contributed by atoms with van der Waals surface area (Å²) in [6.45, 7) is 2.06. The number of hydrogen-bond acceptors (Lipinski definition) is 4. The second-order valence-corrected chi connectivity index (χ2v) is 4.67. The molecule has 0 aliphatic heterocycles. The van der Waals surface area contributed by atoms with Crippen molar-refractivity contribution in [2.75, 3.05) is 19.5 Å². The van der Waals surface area contributed by atoms with Crippen LogP contribution < -0.4 is 14.8 Å². The standard InChI is InChI=1S/C17H18N2O2/c1-12(14-5-4-6-15(10-14)20-2)19-16-8-7-13(11-18)9-17(16)21-3/h4-10,12,19H,1-3H3. The fourth-order valence-corrected chi connectivity index (χ4v) is 2.11. The average molecular weight is 282 g/mol. The molecule has 1 unspecified atom stereocenters. The van der Waals surface area contributed by atoms with Crippen LogP contribution in [-0.2, 0) is 0 Å². The topological polar surface area (TPSA) is 54.3 Å². The molecule has 0 aliphatic rings. The Balaban J connectivity index is 2.22. The molecule has 4 nitrogen and oxygen atoms in total. The summed E-state index contributed by atoms with van der Waals surface area (Å²) in [5.41, 5.74) is 2.54. The Labute approximate surface area is 124 Å². The van der Waals surface area contributed by atoms with E-state index < -0.39 is 0 Å². The molecule has 1 N–H and O–H groups in total. The maximum absolute atomic E-state index is 8.93. The first-order chi connectivity index (χ1) is 10.2. The quantitative estimate of drug-likeness (QED) is 0.907. The van der Waals surface area contributed by atoms with Crippen LogP contribution in [0.1, 0.15) is 24.1 Å². The fourth-order valence-electron chi connectivity index (χ4n) is 2.11. The Kier molecular flexibility index (Phi) is 4.68. The van der Waals surface area contributed by atoms with E-state index in [1.165, 1.54) is 0 Å². The third kappa shape index (κ3) is 3.46. The van der Waals surface area contributed by atoms with Gasteiger partial charge in [0.15, 0.2) is 0 Å². The summed E-state index contributed by atoms with van der Waals surface area (Å²) in [4.78, 5) is 0. The molecule has 4 heteroatoms. The van der Waals surface area contributed by atoms with Gasteiger partial charge in [0.2, 0.25) is 0 Å². The maximum Gasteiger partial charge on any atom is 0.143 e. The smallest absolute Gasteiger partial charge is 0.143 e. The van der Waals surface area contributed by atoms with Crippen LogP contribution in [0.15, 0.2) is 42.5 Å². The van der Waals surface area contributed by atoms with Gasteiger partial charge in [0.25, 0.3) is 0 Å². The molecule has 0 spiro atoms. The Morgan fingerprint density at radius 1 is 1.10 bits per heavy atom. The van der Waals surface area contributed by atoms with Crippen molar-refractivity contribution in [3.63, 3.8) is 0 Å². The second kappa shape index (κ2) is 6.67. The van der Waals surface area contributed by atoms with Gasteiger partial charge in [-0.15, -0.1) is 0 Å². The zero-order chi connectivity index (χ0) is 15.2. The lowest BCUT2D eigenvalue weighted by Gasteiger charge is -2.18. The van der Waals surface area contributed by atoms with Crippen LogP contribution in [0.4, 0.5) is 5.69 Å². The van der Waals surface area contributed by atoms with E-state index in [0.29, 0.717) is 11.3 Å². The number of benzene rings is 2. The number of rotatable bonds is 5. The van der Waals surface area contributed by atoms with Crippen molar-refractivity contribution in [1.82, 2.24) is 0 Å². The van der Waals surface area contributed by atoms with E-state index in [9.17, 15) is 0 Å². The van der Waals surface area contributed by atoms with Gasteiger partial charge in [-0.1, -0.05) is 12.1 Å². The van der Waals surface area contributed by atoms with Crippen molar-refractivity contribution in [3.8, 4) is 17.6 Å². The molecule has 0 aliphatic carbocycles. The molecule has 2 rings (SSSR count). The third-order valence-corrected chi connectivity index (χ3v) is 3.30. The van der Waals surface area contributed by atoms with Crippen LogP contribution in [0.25, 0.3) is 0 Å². The summed E-state index contributed by atoms with van der Waals surface area (Å²) in [6, 6.07) is 15.4. The minimum Gasteiger partial charge on any atom is -0.497 e. The lowest BCUT2D eigenvalue weighted by Crippen LogP contribution is -2.08. The van der Waals surface area contributed by atoms with Gasteiger partial charge in [-0.2, -0.15) is 5.26 Å². The maximum atomic E-state index is 8.93. The van der Waals surface area contributed by atoms with E-state index in [0.717, 1.165) is 17.0 Å². The second-order valence-electron chi connectivity index (χ2n) is 4.67. The Morgan fingerprint density at radius 3 is 2.57 bits per heavy atom. The highest BCUT2D eigenvalue weighted by atomic mass is 16.5. The van der Waals surface area contributed by atoms with E-state index in [1.54, 1.807) is 26.4 Å². The highest BCUT2D eigenvalue weighted by molar-refractivity contribution is 5.60. The fraction of sp³-hybridized carbons (Fsp3) is 0.235. The SMILES string of the molecule is COc1cccc(C(C)Nc2ccc(C#N)cc2OC)c1. The molecule has 0 saturated carbocycles. The zero-order valence-corrected chi connectivity index (χ0v) is 12.4. The van der Waals surface area contributed by atoms with Crippen molar-refractivity contribution in [1.29, 1.82) is 5.26 Å². The molecule has 0 radical (unpaired) electrons. The average Bonchev–Trinajstić information content (AvgIpc) is 2.55. The van der Waals surface area contributed by atoms with Crippen LogP contribution in [0.2, 0.25) is 0 Å². The highest BCUT2D eigenvalue weighted by Gasteiger charge is 2.10. The number of nitriles is 1. The van der Waals surface area contributed by atoms with Crippen molar-refractivity contribution in [3.05, 3.63) is 53.6 Å². The van der Waals surface area contributed by atoms with Crippen LogP contribution in [0.3, 0.4) is 0 Å². The minimum atomic E-state index is 0.0851. The van der Waals surface area contributed by atoms with E-state index in [1.807, 2.05) is 30.3 Å². The van der Waals surface area contributed by atoms with Gasteiger partial charge in [0.05, 0.1) is 31.5 Å². The highest BCUT2D eigenvalue weighted by Crippen LogP contribution is 2.30. The van der Waals surface area contributed by atoms with Crippen molar-refractivity contribution in [2.24, 2.45) is 0 Å². The molecule has 0 bridgehead atoms.